The molecule has 3 nitrogen and oxygen atoms in total. The third-order valence-electron chi connectivity index (χ3n) is 3.54. The molecule has 17 heavy (non-hydrogen) atoms. The molecule has 1 aromatic carbocycles. The highest BCUT2D eigenvalue weighted by molar-refractivity contribution is 5.79. The van der Waals surface area contributed by atoms with E-state index in [0.717, 1.165) is 24.6 Å². The van der Waals surface area contributed by atoms with Crippen molar-refractivity contribution < 1.29 is 4.79 Å². The first-order valence-corrected chi connectivity index (χ1v) is 6.40. The lowest BCUT2D eigenvalue weighted by atomic mass is 10.1. The van der Waals surface area contributed by atoms with E-state index in [2.05, 4.69) is 34.9 Å². The first-order chi connectivity index (χ1) is 8.31. The molecular formula is C14H18N2O. The molecule has 2 fully saturated rings. The van der Waals surface area contributed by atoms with Crippen molar-refractivity contribution >= 4 is 5.91 Å². The number of hydrogen-bond donors (Lipinski definition) is 2. The quantitative estimate of drug-likeness (QED) is 0.816. The van der Waals surface area contributed by atoms with E-state index in [0.29, 0.717) is 12.5 Å². The van der Waals surface area contributed by atoms with Gasteiger partial charge in [0.2, 0.25) is 5.91 Å². The van der Waals surface area contributed by atoms with Crippen LogP contribution in [0.5, 0.6) is 0 Å². The van der Waals surface area contributed by atoms with E-state index in [4.69, 9.17) is 0 Å². The van der Waals surface area contributed by atoms with E-state index in [1.807, 2.05) is 0 Å². The minimum Gasteiger partial charge on any atom is -0.351 e. The Morgan fingerprint density at radius 3 is 2.47 bits per heavy atom. The highest BCUT2D eigenvalue weighted by Crippen LogP contribution is 2.39. The van der Waals surface area contributed by atoms with Crippen LogP contribution < -0.4 is 10.6 Å². The molecule has 3 heteroatoms. The maximum Gasteiger partial charge on any atom is 0.224 e. The van der Waals surface area contributed by atoms with Crippen LogP contribution in [-0.2, 0) is 11.2 Å². The van der Waals surface area contributed by atoms with Crippen LogP contribution in [0.3, 0.4) is 0 Å². The number of nitrogens with one attached hydrogen (secondary N) is 2. The maximum atomic E-state index is 11.7. The van der Waals surface area contributed by atoms with Crippen LogP contribution in [0, 0.1) is 0 Å². The number of rotatable bonds is 4. The van der Waals surface area contributed by atoms with Gasteiger partial charge in [-0.25, -0.2) is 0 Å². The Morgan fingerprint density at radius 1 is 1.24 bits per heavy atom. The molecule has 0 bridgehead atoms. The Hall–Kier alpha value is -1.35. The number of carbonyl (C=O) groups excluding carboxylic acids is 1. The average molecular weight is 230 g/mol. The third-order valence-corrected chi connectivity index (χ3v) is 3.54. The molecule has 1 aromatic rings. The van der Waals surface area contributed by atoms with Crippen molar-refractivity contribution in [2.75, 3.05) is 13.1 Å². The van der Waals surface area contributed by atoms with Crippen LogP contribution in [0.1, 0.15) is 29.9 Å². The summed E-state index contributed by atoms with van der Waals surface area (Å²) in [6.07, 6.45) is 3.16. The Morgan fingerprint density at radius 2 is 1.94 bits per heavy atom. The Labute approximate surface area is 102 Å². The Kier molecular flexibility index (Phi) is 2.85. The van der Waals surface area contributed by atoms with Gasteiger partial charge in [-0.2, -0.15) is 0 Å². The predicted molar refractivity (Wildman–Crippen MR) is 66.9 cm³/mol. The van der Waals surface area contributed by atoms with Crippen LogP contribution >= 0.6 is 0 Å². The summed E-state index contributed by atoms with van der Waals surface area (Å²) in [7, 11) is 0. The fourth-order valence-corrected chi connectivity index (χ4v) is 2.18. The second-order valence-electron chi connectivity index (χ2n) is 5.12. The Bertz CT molecular complexity index is 405. The van der Waals surface area contributed by atoms with E-state index in [1.165, 1.54) is 18.4 Å². The van der Waals surface area contributed by atoms with Gasteiger partial charge in [0.15, 0.2) is 0 Å². The van der Waals surface area contributed by atoms with Crippen molar-refractivity contribution in [3.05, 3.63) is 35.4 Å². The topological polar surface area (TPSA) is 41.1 Å². The SMILES string of the molecule is O=C(Cc1ccc(C2CC2)cc1)NC1CNC1. The lowest BCUT2D eigenvalue weighted by molar-refractivity contribution is -0.121. The molecule has 1 saturated heterocycles. The molecule has 0 spiro atoms. The van der Waals surface area contributed by atoms with Crippen LogP contribution in [0.4, 0.5) is 0 Å². The number of hydrogen-bond acceptors (Lipinski definition) is 2. The number of benzene rings is 1. The third kappa shape index (κ3) is 2.67. The van der Waals surface area contributed by atoms with Gasteiger partial charge < -0.3 is 10.6 Å². The zero-order valence-electron chi connectivity index (χ0n) is 9.91. The standard InChI is InChI=1S/C14H18N2O/c17-14(16-13-8-15-9-13)7-10-1-3-11(4-2-10)12-5-6-12/h1-4,12-13,15H,5-9H2,(H,16,17). The molecule has 2 N–H and O–H groups in total. The monoisotopic (exact) mass is 230 g/mol. The lowest BCUT2D eigenvalue weighted by Gasteiger charge is -2.27. The van der Waals surface area contributed by atoms with Gasteiger partial charge in [0.25, 0.3) is 0 Å². The van der Waals surface area contributed by atoms with Gasteiger partial charge in [-0.15, -0.1) is 0 Å². The molecule has 1 aliphatic carbocycles. The molecular weight excluding hydrogens is 212 g/mol. The molecule has 0 radical (unpaired) electrons. The fourth-order valence-electron chi connectivity index (χ4n) is 2.18. The van der Waals surface area contributed by atoms with Crippen LogP contribution in [0.25, 0.3) is 0 Å². The maximum absolute atomic E-state index is 11.7. The molecule has 1 amide bonds. The summed E-state index contributed by atoms with van der Waals surface area (Å²) < 4.78 is 0. The van der Waals surface area contributed by atoms with Crippen LogP contribution in [0.2, 0.25) is 0 Å². The van der Waals surface area contributed by atoms with E-state index in [1.54, 1.807) is 0 Å². The van der Waals surface area contributed by atoms with E-state index < -0.39 is 0 Å². The van der Waals surface area contributed by atoms with Gasteiger partial charge in [0.05, 0.1) is 12.5 Å². The summed E-state index contributed by atoms with van der Waals surface area (Å²) in [6.45, 7) is 1.82. The fraction of sp³-hybridized carbons (Fsp3) is 0.500. The predicted octanol–water partition coefficient (Wildman–Crippen LogP) is 1.19. The zero-order chi connectivity index (χ0) is 11.7. The van der Waals surface area contributed by atoms with Gasteiger partial charge >= 0.3 is 0 Å². The smallest absolute Gasteiger partial charge is 0.224 e. The van der Waals surface area contributed by atoms with Crippen LogP contribution in [0.15, 0.2) is 24.3 Å². The summed E-state index contributed by atoms with van der Waals surface area (Å²) in [5.41, 5.74) is 2.54. The summed E-state index contributed by atoms with van der Waals surface area (Å²) in [5, 5.41) is 6.16. The van der Waals surface area contributed by atoms with E-state index in [-0.39, 0.29) is 5.91 Å². The molecule has 0 unspecified atom stereocenters. The molecule has 0 aromatic heterocycles. The molecule has 0 atom stereocenters. The first-order valence-electron chi connectivity index (χ1n) is 6.40. The highest BCUT2D eigenvalue weighted by atomic mass is 16.1. The summed E-state index contributed by atoms with van der Waals surface area (Å²) in [4.78, 5) is 11.7. The molecule has 1 aliphatic heterocycles. The normalized spacial score (nSPS) is 19.8. The van der Waals surface area contributed by atoms with Crippen molar-refractivity contribution in [2.45, 2.75) is 31.2 Å². The first kappa shape index (κ1) is 10.8. The van der Waals surface area contributed by atoms with Gasteiger partial charge in [-0.3, -0.25) is 4.79 Å². The van der Waals surface area contributed by atoms with Crippen molar-refractivity contribution in [3.63, 3.8) is 0 Å². The van der Waals surface area contributed by atoms with Gasteiger partial charge in [-0.05, 0) is 29.9 Å². The van der Waals surface area contributed by atoms with Crippen LogP contribution in [-0.4, -0.2) is 25.0 Å². The number of carbonyl (C=O) groups is 1. The largest absolute Gasteiger partial charge is 0.351 e. The van der Waals surface area contributed by atoms with Crippen molar-refractivity contribution in [3.8, 4) is 0 Å². The summed E-state index contributed by atoms with van der Waals surface area (Å²) in [5.74, 6) is 0.926. The minimum atomic E-state index is 0.135. The van der Waals surface area contributed by atoms with Gasteiger partial charge in [0.1, 0.15) is 0 Å². The lowest BCUT2D eigenvalue weighted by Crippen LogP contribution is -2.57. The molecule has 1 heterocycles. The summed E-state index contributed by atoms with van der Waals surface area (Å²) in [6, 6.07) is 8.86. The van der Waals surface area contributed by atoms with E-state index in [9.17, 15) is 4.79 Å². The zero-order valence-corrected chi connectivity index (χ0v) is 9.91. The minimum absolute atomic E-state index is 0.135. The van der Waals surface area contributed by atoms with Crippen molar-refractivity contribution in [1.82, 2.24) is 10.6 Å². The molecule has 3 rings (SSSR count). The van der Waals surface area contributed by atoms with E-state index >= 15 is 0 Å². The molecule has 1 saturated carbocycles. The average Bonchev–Trinajstić information content (AvgIpc) is 3.09. The van der Waals surface area contributed by atoms with Crippen molar-refractivity contribution in [1.29, 1.82) is 0 Å². The second kappa shape index (κ2) is 4.49. The highest BCUT2D eigenvalue weighted by Gasteiger charge is 2.23. The van der Waals surface area contributed by atoms with Gasteiger partial charge in [0, 0.05) is 13.1 Å². The number of amides is 1. The van der Waals surface area contributed by atoms with Crippen molar-refractivity contribution in [2.24, 2.45) is 0 Å². The molecule has 90 valence electrons. The van der Waals surface area contributed by atoms with Gasteiger partial charge in [-0.1, -0.05) is 24.3 Å². The second-order valence-corrected chi connectivity index (χ2v) is 5.12. The molecule has 2 aliphatic rings. The Balaban J connectivity index is 1.54. The summed E-state index contributed by atoms with van der Waals surface area (Å²) >= 11 is 0.